The number of ether oxygens (including phenoxy) is 2. The molecule has 27 heavy (non-hydrogen) atoms. The van der Waals surface area contributed by atoms with Crippen molar-refractivity contribution in [2.24, 2.45) is 0 Å². The number of imide groups is 1. The van der Waals surface area contributed by atoms with Gasteiger partial charge in [-0.3, -0.25) is 4.79 Å². The van der Waals surface area contributed by atoms with Crippen LogP contribution in [0, 0.1) is 0 Å². The molecule has 2 amide bonds. The summed E-state index contributed by atoms with van der Waals surface area (Å²) in [7, 11) is 0. The van der Waals surface area contributed by atoms with E-state index in [2.05, 4.69) is 0 Å². The van der Waals surface area contributed by atoms with E-state index in [0.29, 0.717) is 12.8 Å². The molecule has 1 aliphatic heterocycles. The Morgan fingerprint density at radius 2 is 1.56 bits per heavy atom. The summed E-state index contributed by atoms with van der Waals surface area (Å²) in [5.41, 5.74) is 3.13. The standard InChI is InChI=1S/C21H19NO5/c23-19-12-18(20(24)26-13-14-6-2-1-3-7-14)22(19)21(25)27-17-10-15-8-4-5-9-16(15)11-17/h1-9,17-18H,10-13H2. The third kappa shape index (κ3) is 3.56. The summed E-state index contributed by atoms with van der Waals surface area (Å²) in [6.07, 6.45) is 0.114. The van der Waals surface area contributed by atoms with E-state index in [-0.39, 0.29) is 19.1 Å². The number of hydrogen-bond donors (Lipinski definition) is 0. The van der Waals surface area contributed by atoms with Gasteiger partial charge in [0.25, 0.3) is 0 Å². The number of β-lactam (4-membered cyclic amide) rings is 1. The maximum Gasteiger partial charge on any atom is 0.417 e. The molecule has 6 heteroatoms. The van der Waals surface area contributed by atoms with Crippen molar-refractivity contribution in [1.82, 2.24) is 4.90 Å². The number of carbonyl (C=O) groups excluding carboxylic acids is 3. The molecule has 1 saturated heterocycles. The molecular weight excluding hydrogens is 346 g/mol. The average Bonchev–Trinajstić information content (AvgIpc) is 3.07. The van der Waals surface area contributed by atoms with Gasteiger partial charge in [-0.25, -0.2) is 14.5 Å². The minimum Gasteiger partial charge on any atom is -0.459 e. The molecule has 2 aromatic rings. The maximum absolute atomic E-state index is 12.4. The summed E-state index contributed by atoms with van der Waals surface area (Å²) in [4.78, 5) is 37.4. The molecule has 1 heterocycles. The highest BCUT2D eigenvalue weighted by molar-refractivity contribution is 6.04. The molecule has 2 aromatic carbocycles. The van der Waals surface area contributed by atoms with E-state index in [1.54, 1.807) is 0 Å². The minimum absolute atomic E-state index is 0.0341. The molecule has 0 N–H and O–H groups in total. The Morgan fingerprint density at radius 3 is 2.19 bits per heavy atom. The van der Waals surface area contributed by atoms with E-state index in [9.17, 15) is 14.4 Å². The average molecular weight is 365 g/mol. The van der Waals surface area contributed by atoms with Crippen molar-refractivity contribution in [3.8, 4) is 0 Å². The maximum atomic E-state index is 12.4. The van der Waals surface area contributed by atoms with Gasteiger partial charge in [0.15, 0.2) is 0 Å². The Morgan fingerprint density at radius 1 is 0.926 bits per heavy atom. The first kappa shape index (κ1) is 17.3. The van der Waals surface area contributed by atoms with Crippen LogP contribution in [0.1, 0.15) is 23.1 Å². The molecule has 1 fully saturated rings. The van der Waals surface area contributed by atoms with Gasteiger partial charge in [-0.1, -0.05) is 54.6 Å². The van der Waals surface area contributed by atoms with Crippen LogP contribution < -0.4 is 0 Å². The van der Waals surface area contributed by atoms with E-state index >= 15 is 0 Å². The van der Waals surface area contributed by atoms with Crippen LogP contribution in [-0.4, -0.2) is 35.0 Å². The highest BCUT2D eigenvalue weighted by atomic mass is 16.6. The molecular formula is C21H19NO5. The summed E-state index contributed by atoms with van der Waals surface area (Å²) in [5.74, 6) is -1.01. The van der Waals surface area contributed by atoms with E-state index in [1.807, 2.05) is 54.6 Å². The molecule has 1 atom stereocenters. The third-order valence-corrected chi connectivity index (χ3v) is 4.92. The summed E-state index contributed by atoms with van der Waals surface area (Å²) < 4.78 is 10.7. The number of fused-ring (bicyclic) bond motifs is 1. The molecule has 138 valence electrons. The number of amides is 2. The Balaban J connectivity index is 1.33. The largest absolute Gasteiger partial charge is 0.459 e. The fourth-order valence-electron chi connectivity index (χ4n) is 3.46. The molecule has 0 saturated carbocycles. The van der Waals surface area contributed by atoms with Crippen molar-refractivity contribution in [2.75, 3.05) is 0 Å². The molecule has 2 aliphatic rings. The van der Waals surface area contributed by atoms with Gasteiger partial charge < -0.3 is 9.47 Å². The number of rotatable bonds is 4. The van der Waals surface area contributed by atoms with Crippen molar-refractivity contribution in [1.29, 1.82) is 0 Å². The summed E-state index contributed by atoms with van der Waals surface area (Å²) >= 11 is 0. The van der Waals surface area contributed by atoms with E-state index in [1.165, 1.54) is 0 Å². The smallest absolute Gasteiger partial charge is 0.417 e. The summed E-state index contributed by atoms with van der Waals surface area (Å²) in [5, 5.41) is 0. The van der Waals surface area contributed by atoms with Crippen LogP contribution in [0.15, 0.2) is 54.6 Å². The van der Waals surface area contributed by atoms with Gasteiger partial charge in [-0.05, 0) is 16.7 Å². The first-order valence-corrected chi connectivity index (χ1v) is 8.92. The number of nitrogens with zero attached hydrogens (tertiary/aromatic N) is 1. The SMILES string of the molecule is O=C(OCc1ccccc1)C1CC(=O)N1C(=O)OC1Cc2ccccc2C1. The van der Waals surface area contributed by atoms with Gasteiger partial charge in [0.05, 0.1) is 6.42 Å². The van der Waals surface area contributed by atoms with Crippen LogP contribution in [0.25, 0.3) is 0 Å². The van der Waals surface area contributed by atoms with Crippen LogP contribution in [0.3, 0.4) is 0 Å². The van der Waals surface area contributed by atoms with E-state index in [0.717, 1.165) is 21.6 Å². The number of likely N-dealkylation sites (tertiary alicyclic amines) is 1. The van der Waals surface area contributed by atoms with Gasteiger partial charge in [-0.15, -0.1) is 0 Å². The van der Waals surface area contributed by atoms with Crippen molar-refractivity contribution < 1.29 is 23.9 Å². The van der Waals surface area contributed by atoms with Crippen LogP contribution in [0.5, 0.6) is 0 Å². The second-order valence-electron chi connectivity index (χ2n) is 6.76. The predicted octanol–water partition coefficient (Wildman–Crippen LogP) is 2.63. The van der Waals surface area contributed by atoms with E-state index < -0.39 is 24.0 Å². The van der Waals surface area contributed by atoms with Gasteiger partial charge in [0.1, 0.15) is 18.8 Å². The van der Waals surface area contributed by atoms with E-state index in [4.69, 9.17) is 9.47 Å². The second kappa shape index (κ2) is 7.23. The van der Waals surface area contributed by atoms with Gasteiger partial charge in [0, 0.05) is 12.8 Å². The normalized spacial score (nSPS) is 18.6. The molecule has 0 radical (unpaired) electrons. The fraction of sp³-hybridized carbons (Fsp3) is 0.286. The topological polar surface area (TPSA) is 72.9 Å². The Hall–Kier alpha value is -3.15. The molecule has 1 aliphatic carbocycles. The van der Waals surface area contributed by atoms with Crippen molar-refractivity contribution in [3.63, 3.8) is 0 Å². The first-order chi connectivity index (χ1) is 13.1. The Bertz CT molecular complexity index is 854. The van der Waals surface area contributed by atoms with Crippen molar-refractivity contribution in [2.45, 2.75) is 38.0 Å². The lowest BCUT2D eigenvalue weighted by molar-refractivity contribution is -0.165. The highest BCUT2D eigenvalue weighted by Gasteiger charge is 2.48. The molecule has 4 rings (SSSR count). The Kier molecular flexibility index (Phi) is 4.62. The molecule has 0 spiro atoms. The monoisotopic (exact) mass is 365 g/mol. The second-order valence-corrected chi connectivity index (χ2v) is 6.76. The van der Waals surface area contributed by atoms with Crippen LogP contribution in [0.4, 0.5) is 4.79 Å². The first-order valence-electron chi connectivity index (χ1n) is 8.92. The zero-order chi connectivity index (χ0) is 18.8. The molecule has 1 unspecified atom stereocenters. The quantitative estimate of drug-likeness (QED) is 0.615. The zero-order valence-electron chi connectivity index (χ0n) is 14.7. The van der Waals surface area contributed by atoms with Crippen LogP contribution in [0.2, 0.25) is 0 Å². The summed E-state index contributed by atoms with van der Waals surface area (Å²) in [6.45, 7) is 0.102. The van der Waals surface area contributed by atoms with Gasteiger partial charge in [0.2, 0.25) is 5.91 Å². The lowest BCUT2D eigenvalue weighted by Gasteiger charge is -2.36. The lowest BCUT2D eigenvalue weighted by atomic mass is 10.0. The molecule has 0 aromatic heterocycles. The fourth-order valence-corrected chi connectivity index (χ4v) is 3.46. The van der Waals surface area contributed by atoms with Crippen LogP contribution >= 0.6 is 0 Å². The summed E-state index contributed by atoms with van der Waals surface area (Å²) in [6, 6.07) is 16.2. The minimum atomic E-state index is -0.905. The van der Waals surface area contributed by atoms with Gasteiger partial charge >= 0.3 is 12.1 Å². The van der Waals surface area contributed by atoms with Crippen LogP contribution in [-0.2, 0) is 38.5 Å². The van der Waals surface area contributed by atoms with Crippen molar-refractivity contribution >= 4 is 18.0 Å². The number of carbonyl (C=O) groups is 3. The molecule has 0 bridgehead atoms. The number of hydrogen-bond acceptors (Lipinski definition) is 5. The number of esters is 1. The number of benzene rings is 2. The Labute approximate surface area is 156 Å². The highest BCUT2D eigenvalue weighted by Crippen LogP contribution is 2.27. The lowest BCUT2D eigenvalue weighted by Crippen LogP contribution is -2.60. The molecule has 6 nitrogen and oxygen atoms in total. The third-order valence-electron chi connectivity index (χ3n) is 4.92. The predicted molar refractivity (Wildman–Crippen MR) is 95.6 cm³/mol. The van der Waals surface area contributed by atoms with Crippen molar-refractivity contribution in [3.05, 3.63) is 71.3 Å². The van der Waals surface area contributed by atoms with Gasteiger partial charge in [-0.2, -0.15) is 0 Å². The zero-order valence-corrected chi connectivity index (χ0v) is 14.7.